The fourth-order valence-corrected chi connectivity index (χ4v) is 4.26. The molecule has 3 aromatic heterocycles. The zero-order valence-electron chi connectivity index (χ0n) is 15.7. The van der Waals surface area contributed by atoms with Crippen LogP contribution in [0.1, 0.15) is 5.69 Å². The number of sulfonamides is 1. The molecule has 0 aliphatic rings. The van der Waals surface area contributed by atoms with E-state index in [1.807, 2.05) is 30.3 Å². The van der Waals surface area contributed by atoms with Gasteiger partial charge in [-0.25, -0.2) is 18.2 Å². The fraction of sp³-hybridized carbons (Fsp3) is 0.0500. The molecule has 0 fully saturated rings. The fourth-order valence-electron chi connectivity index (χ4n) is 3.21. The van der Waals surface area contributed by atoms with Crippen LogP contribution in [0.4, 0.5) is 5.82 Å². The first kappa shape index (κ1) is 18.1. The van der Waals surface area contributed by atoms with Gasteiger partial charge in [0, 0.05) is 17.5 Å². The second kappa shape index (κ2) is 6.56. The largest absolute Gasteiger partial charge is 0.417 e. The van der Waals surface area contributed by atoms with Crippen molar-refractivity contribution in [2.45, 2.75) is 11.8 Å². The van der Waals surface area contributed by atoms with E-state index in [0.717, 1.165) is 10.9 Å². The molecule has 0 spiro atoms. The average Bonchev–Trinajstić information content (AvgIpc) is 3.27. The smallest absolute Gasteiger partial charge is 0.408 e. The van der Waals surface area contributed by atoms with E-state index in [1.165, 1.54) is 22.9 Å². The molecule has 2 aromatic carbocycles. The van der Waals surface area contributed by atoms with Gasteiger partial charge in [0.15, 0.2) is 11.4 Å². The van der Waals surface area contributed by atoms with Gasteiger partial charge in [-0.1, -0.05) is 18.2 Å². The number of oxazole rings is 1. The lowest BCUT2D eigenvalue weighted by Gasteiger charge is -2.10. The molecule has 0 amide bonds. The second-order valence-electron chi connectivity index (χ2n) is 6.72. The number of pyridine rings is 1. The number of H-pyrrole nitrogens is 1. The van der Waals surface area contributed by atoms with E-state index in [-0.39, 0.29) is 16.3 Å². The number of aromatic nitrogens is 4. The summed E-state index contributed by atoms with van der Waals surface area (Å²) in [6, 6.07) is 17.1. The first-order valence-electron chi connectivity index (χ1n) is 8.98. The van der Waals surface area contributed by atoms with Crippen molar-refractivity contribution in [2.75, 3.05) is 4.72 Å². The summed E-state index contributed by atoms with van der Waals surface area (Å²) in [4.78, 5) is 18.3. The molecule has 0 radical (unpaired) electrons. The van der Waals surface area contributed by atoms with E-state index < -0.39 is 15.8 Å². The Morgan fingerprint density at radius 2 is 1.90 bits per heavy atom. The topological polar surface area (TPSA) is 123 Å². The van der Waals surface area contributed by atoms with E-state index >= 15 is 0 Å². The number of nitrogens with one attached hydrogen (secondary N) is 2. The highest BCUT2D eigenvalue weighted by Crippen LogP contribution is 2.23. The summed E-state index contributed by atoms with van der Waals surface area (Å²) < 4.78 is 34.9. The second-order valence-corrected chi connectivity index (χ2v) is 8.41. The number of hydrogen-bond acceptors (Lipinski definition) is 6. The maximum atomic E-state index is 13.0. The van der Waals surface area contributed by atoms with Crippen LogP contribution in [0.3, 0.4) is 0 Å². The Bertz CT molecular complexity index is 1580. The Hall–Kier alpha value is -3.92. The Morgan fingerprint density at radius 1 is 1.07 bits per heavy atom. The van der Waals surface area contributed by atoms with E-state index in [9.17, 15) is 13.2 Å². The molecular weight excluding hydrogens is 406 g/mol. The van der Waals surface area contributed by atoms with E-state index in [4.69, 9.17) is 4.42 Å². The van der Waals surface area contributed by atoms with Crippen molar-refractivity contribution < 1.29 is 12.8 Å². The molecule has 0 unspecified atom stereocenters. The lowest BCUT2D eigenvalue weighted by molar-refractivity contribution is 0.554. The summed E-state index contributed by atoms with van der Waals surface area (Å²) in [6.45, 7) is 1.76. The van der Waals surface area contributed by atoms with Gasteiger partial charge in [-0.15, -0.1) is 0 Å². The van der Waals surface area contributed by atoms with Crippen LogP contribution >= 0.6 is 0 Å². The lowest BCUT2D eigenvalue weighted by atomic mass is 10.2. The number of hydrogen-bond donors (Lipinski definition) is 2. The van der Waals surface area contributed by atoms with Crippen LogP contribution in [0.5, 0.6) is 0 Å². The van der Waals surface area contributed by atoms with E-state index in [2.05, 4.69) is 19.8 Å². The SMILES string of the molecule is Cc1cc(NS(=O)(=O)c2ccc3[nH]c(=O)oc3c2)n(-c2ccc3ccccc3n2)n1. The molecule has 5 aromatic rings. The first-order chi connectivity index (χ1) is 14.4. The summed E-state index contributed by atoms with van der Waals surface area (Å²) in [6.07, 6.45) is 0. The van der Waals surface area contributed by atoms with Crippen LogP contribution in [-0.2, 0) is 10.0 Å². The number of aryl methyl sites for hydroxylation is 1. The van der Waals surface area contributed by atoms with E-state index in [0.29, 0.717) is 17.0 Å². The molecule has 0 atom stereocenters. The molecule has 0 saturated carbocycles. The van der Waals surface area contributed by atoms with E-state index in [1.54, 1.807) is 19.1 Å². The zero-order chi connectivity index (χ0) is 20.9. The van der Waals surface area contributed by atoms with Crippen LogP contribution in [0.15, 0.2) is 74.8 Å². The monoisotopic (exact) mass is 421 g/mol. The van der Waals surface area contributed by atoms with Crippen molar-refractivity contribution in [3.63, 3.8) is 0 Å². The Balaban J connectivity index is 1.56. The van der Waals surface area contributed by atoms with Crippen molar-refractivity contribution in [3.05, 3.63) is 76.9 Å². The average molecular weight is 421 g/mol. The van der Waals surface area contributed by atoms with Crippen LogP contribution in [0.25, 0.3) is 27.8 Å². The van der Waals surface area contributed by atoms with Gasteiger partial charge in [-0.05, 0) is 37.3 Å². The third kappa shape index (κ3) is 3.12. The Morgan fingerprint density at radius 3 is 2.77 bits per heavy atom. The van der Waals surface area contributed by atoms with Gasteiger partial charge < -0.3 is 4.42 Å². The van der Waals surface area contributed by atoms with Gasteiger partial charge in [0.2, 0.25) is 0 Å². The minimum absolute atomic E-state index is 0.0466. The normalized spacial score (nSPS) is 11.9. The number of rotatable bonds is 4. The zero-order valence-corrected chi connectivity index (χ0v) is 16.5. The molecule has 30 heavy (non-hydrogen) atoms. The van der Waals surface area contributed by atoms with Gasteiger partial charge in [0.05, 0.1) is 21.6 Å². The third-order valence-corrected chi connectivity index (χ3v) is 5.93. The predicted molar refractivity (Wildman–Crippen MR) is 111 cm³/mol. The molecule has 3 heterocycles. The molecule has 0 saturated heterocycles. The van der Waals surface area contributed by atoms with Gasteiger partial charge in [-0.3, -0.25) is 9.71 Å². The quantitative estimate of drug-likeness (QED) is 0.460. The van der Waals surface area contributed by atoms with Crippen LogP contribution in [0, 0.1) is 6.92 Å². The van der Waals surface area contributed by atoms with Crippen molar-refractivity contribution in [1.82, 2.24) is 19.7 Å². The first-order valence-corrected chi connectivity index (χ1v) is 10.5. The van der Waals surface area contributed by atoms with Crippen molar-refractivity contribution in [3.8, 4) is 5.82 Å². The molecular formula is C20H15N5O4S. The number of para-hydroxylation sites is 1. The highest BCUT2D eigenvalue weighted by Gasteiger charge is 2.20. The van der Waals surface area contributed by atoms with Crippen molar-refractivity contribution in [2.24, 2.45) is 0 Å². The molecule has 2 N–H and O–H groups in total. The van der Waals surface area contributed by atoms with Crippen LogP contribution in [-0.4, -0.2) is 28.2 Å². The van der Waals surface area contributed by atoms with Crippen molar-refractivity contribution >= 4 is 37.8 Å². The minimum atomic E-state index is -3.97. The van der Waals surface area contributed by atoms with Crippen LogP contribution < -0.4 is 10.5 Å². The summed E-state index contributed by atoms with van der Waals surface area (Å²) in [5.41, 5.74) is 1.96. The Labute approximate surface area is 170 Å². The highest BCUT2D eigenvalue weighted by atomic mass is 32.2. The van der Waals surface area contributed by atoms with Gasteiger partial charge in [-0.2, -0.15) is 9.78 Å². The molecule has 0 bridgehead atoms. The van der Waals surface area contributed by atoms with Gasteiger partial charge in [0.25, 0.3) is 10.0 Å². The number of anilines is 1. The highest BCUT2D eigenvalue weighted by molar-refractivity contribution is 7.92. The summed E-state index contributed by atoms with van der Waals surface area (Å²) in [5.74, 6) is 0.0704. The lowest BCUT2D eigenvalue weighted by Crippen LogP contribution is -2.16. The molecule has 5 rings (SSSR count). The van der Waals surface area contributed by atoms with Gasteiger partial charge >= 0.3 is 5.76 Å². The number of fused-ring (bicyclic) bond motifs is 2. The third-order valence-electron chi connectivity index (χ3n) is 4.57. The maximum Gasteiger partial charge on any atom is 0.417 e. The molecule has 9 nitrogen and oxygen atoms in total. The Kier molecular flexibility index (Phi) is 3.97. The summed E-state index contributed by atoms with van der Waals surface area (Å²) in [5, 5.41) is 5.35. The number of aromatic amines is 1. The van der Waals surface area contributed by atoms with Crippen molar-refractivity contribution in [1.29, 1.82) is 0 Å². The maximum absolute atomic E-state index is 13.0. The molecule has 0 aliphatic carbocycles. The minimum Gasteiger partial charge on any atom is -0.408 e. The summed E-state index contributed by atoms with van der Waals surface area (Å²) >= 11 is 0. The molecule has 150 valence electrons. The predicted octanol–water partition coefficient (Wildman–Crippen LogP) is 2.96. The molecule has 10 heteroatoms. The summed E-state index contributed by atoms with van der Waals surface area (Å²) in [7, 11) is -3.97. The molecule has 0 aliphatic heterocycles. The number of nitrogens with zero attached hydrogens (tertiary/aromatic N) is 3. The van der Waals surface area contributed by atoms with Gasteiger partial charge in [0.1, 0.15) is 5.82 Å². The van der Waals surface area contributed by atoms with Crippen LogP contribution in [0.2, 0.25) is 0 Å². The standard InChI is InChI=1S/C20H15N5O4S/c1-12-10-19(25(23-12)18-9-6-13-4-2-3-5-15(13)21-18)24-30(27,28)14-7-8-16-17(11-14)29-20(26)22-16/h2-11,24H,1H3,(H,22,26). The number of benzene rings is 2.